The number of hydrogen-bond acceptors (Lipinski definition) is 4. The summed E-state index contributed by atoms with van der Waals surface area (Å²) in [7, 11) is 1.65. The van der Waals surface area contributed by atoms with Crippen molar-refractivity contribution in [1.82, 2.24) is 4.98 Å². The van der Waals surface area contributed by atoms with Crippen molar-refractivity contribution < 1.29 is 9.47 Å². The van der Waals surface area contributed by atoms with Crippen molar-refractivity contribution in [2.75, 3.05) is 13.7 Å². The molecule has 0 bridgehead atoms. The molecule has 0 radical (unpaired) electrons. The van der Waals surface area contributed by atoms with Crippen molar-refractivity contribution in [3.05, 3.63) is 42.7 Å². The molecule has 2 rings (SSSR count). The summed E-state index contributed by atoms with van der Waals surface area (Å²) in [5.74, 6) is 2.00. The Morgan fingerprint density at radius 2 is 1.77 bits per heavy atom. The summed E-state index contributed by atoms with van der Waals surface area (Å²) in [4.78, 5) is 4.03. The van der Waals surface area contributed by atoms with Crippen LogP contribution in [0.2, 0.25) is 0 Å². The van der Waals surface area contributed by atoms with E-state index in [1.54, 1.807) is 19.5 Å². The fourth-order valence-corrected chi connectivity index (χ4v) is 2.38. The summed E-state index contributed by atoms with van der Waals surface area (Å²) >= 11 is 0. The first-order chi connectivity index (χ1) is 10.6. The van der Waals surface area contributed by atoms with Crippen LogP contribution in [-0.2, 0) is 0 Å². The number of benzene rings is 1. The van der Waals surface area contributed by atoms with Crippen molar-refractivity contribution in [2.24, 2.45) is 11.7 Å². The highest BCUT2D eigenvalue weighted by molar-refractivity contribution is 5.66. The quantitative estimate of drug-likeness (QED) is 0.850. The fourth-order valence-electron chi connectivity index (χ4n) is 2.38. The van der Waals surface area contributed by atoms with Gasteiger partial charge in [0.05, 0.1) is 7.11 Å². The van der Waals surface area contributed by atoms with E-state index in [2.05, 4.69) is 18.8 Å². The summed E-state index contributed by atoms with van der Waals surface area (Å²) in [5, 5.41) is 0. The lowest BCUT2D eigenvalue weighted by atomic mass is 10.1. The monoisotopic (exact) mass is 300 g/mol. The smallest absolute Gasteiger partial charge is 0.161 e. The maximum Gasteiger partial charge on any atom is 0.161 e. The second kappa shape index (κ2) is 7.80. The average Bonchev–Trinajstić information content (AvgIpc) is 2.53. The molecule has 0 saturated heterocycles. The third-order valence-electron chi connectivity index (χ3n) is 3.40. The predicted octanol–water partition coefficient (Wildman–Crippen LogP) is 3.51. The van der Waals surface area contributed by atoms with Crippen molar-refractivity contribution >= 4 is 0 Å². The van der Waals surface area contributed by atoms with E-state index in [9.17, 15) is 0 Å². The van der Waals surface area contributed by atoms with Crippen molar-refractivity contribution in [3.8, 4) is 22.6 Å². The molecule has 1 heterocycles. The van der Waals surface area contributed by atoms with Crippen LogP contribution in [0, 0.1) is 5.92 Å². The van der Waals surface area contributed by atoms with Gasteiger partial charge in [-0.1, -0.05) is 19.9 Å². The normalized spacial score (nSPS) is 12.2. The van der Waals surface area contributed by atoms with Crippen LogP contribution in [0.4, 0.5) is 0 Å². The largest absolute Gasteiger partial charge is 0.493 e. The van der Waals surface area contributed by atoms with Crippen LogP contribution >= 0.6 is 0 Å². The number of nitrogens with two attached hydrogens (primary N) is 1. The molecular formula is C18H24N2O2. The number of methoxy groups -OCH3 is 1. The molecule has 2 N–H and O–H groups in total. The second-order valence-electron chi connectivity index (χ2n) is 5.80. The van der Waals surface area contributed by atoms with Crippen LogP contribution in [0.5, 0.6) is 11.5 Å². The Bertz CT molecular complexity index is 585. The first kappa shape index (κ1) is 16.3. The molecule has 1 unspecified atom stereocenters. The Hall–Kier alpha value is -2.07. The highest BCUT2D eigenvalue weighted by Crippen LogP contribution is 2.32. The van der Waals surface area contributed by atoms with Gasteiger partial charge < -0.3 is 15.2 Å². The second-order valence-corrected chi connectivity index (χ2v) is 5.80. The Kier molecular flexibility index (Phi) is 5.78. The summed E-state index contributed by atoms with van der Waals surface area (Å²) in [6, 6.07) is 9.88. The van der Waals surface area contributed by atoms with Gasteiger partial charge >= 0.3 is 0 Å². The number of nitrogens with zero attached hydrogens (tertiary/aromatic N) is 1. The van der Waals surface area contributed by atoms with Gasteiger partial charge in [-0.05, 0) is 47.7 Å². The van der Waals surface area contributed by atoms with Crippen molar-refractivity contribution in [2.45, 2.75) is 26.3 Å². The van der Waals surface area contributed by atoms with Gasteiger partial charge in [0.15, 0.2) is 11.5 Å². The lowest BCUT2D eigenvalue weighted by molar-refractivity contribution is 0.258. The van der Waals surface area contributed by atoms with E-state index in [4.69, 9.17) is 15.2 Å². The van der Waals surface area contributed by atoms with Gasteiger partial charge in [0.25, 0.3) is 0 Å². The Balaban J connectivity index is 2.10. The van der Waals surface area contributed by atoms with Crippen LogP contribution < -0.4 is 15.2 Å². The molecule has 2 aromatic rings. The molecule has 0 saturated carbocycles. The molecule has 0 aliphatic heterocycles. The molecule has 118 valence electrons. The molecule has 4 heteroatoms. The maximum atomic E-state index is 6.06. The highest BCUT2D eigenvalue weighted by atomic mass is 16.5. The van der Waals surface area contributed by atoms with E-state index < -0.39 is 0 Å². The van der Waals surface area contributed by atoms with Gasteiger partial charge in [-0.3, -0.25) is 4.98 Å². The zero-order valence-corrected chi connectivity index (χ0v) is 13.5. The zero-order chi connectivity index (χ0) is 15.9. The van der Waals surface area contributed by atoms with Gasteiger partial charge in [0, 0.05) is 18.4 Å². The molecule has 22 heavy (non-hydrogen) atoms. The summed E-state index contributed by atoms with van der Waals surface area (Å²) < 4.78 is 11.3. The minimum Gasteiger partial charge on any atom is -0.493 e. The van der Waals surface area contributed by atoms with E-state index in [0.717, 1.165) is 23.3 Å². The maximum absolute atomic E-state index is 6.06. The third-order valence-corrected chi connectivity index (χ3v) is 3.40. The summed E-state index contributed by atoms with van der Waals surface area (Å²) in [5.41, 5.74) is 8.22. The molecule has 1 aromatic heterocycles. The fraction of sp³-hybridized carbons (Fsp3) is 0.389. The minimum atomic E-state index is 0.0320. The number of pyridine rings is 1. The predicted molar refractivity (Wildman–Crippen MR) is 89.2 cm³/mol. The first-order valence-corrected chi connectivity index (χ1v) is 7.57. The van der Waals surface area contributed by atoms with Crippen LogP contribution in [0.3, 0.4) is 0 Å². The van der Waals surface area contributed by atoms with Crippen LogP contribution in [0.1, 0.15) is 20.3 Å². The topological polar surface area (TPSA) is 57.4 Å². The standard InChI is InChI=1S/C18H24N2O2/c1-13(2)10-16(19)12-22-17-5-4-15(11-18(17)21-3)14-6-8-20-9-7-14/h4-9,11,13,16H,10,12,19H2,1-3H3. The molecule has 0 fully saturated rings. The molecule has 0 amide bonds. The van der Waals surface area contributed by atoms with Crippen molar-refractivity contribution in [1.29, 1.82) is 0 Å². The SMILES string of the molecule is COc1cc(-c2ccncc2)ccc1OCC(N)CC(C)C. The lowest BCUT2D eigenvalue weighted by Crippen LogP contribution is -2.29. The number of rotatable bonds is 7. The van der Waals surface area contributed by atoms with E-state index >= 15 is 0 Å². The first-order valence-electron chi connectivity index (χ1n) is 7.57. The lowest BCUT2D eigenvalue weighted by Gasteiger charge is -2.17. The number of aromatic nitrogens is 1. The van der Waals surface area contributed by atoms with Crippen LogP contribution in [0.15, 0.2) is 42.7 Å². The Morgan fingerprint density at radius 1 is 1.05 bits per heavy atom. The van der Waals surface area contributed by atoms with E-state index in [0.29, 0.717) is 18.3 Å². The van der Waals surface area contributed by atoms with E-state index in [1.807, 2.05) is 30.3 Å². The summed E-state index contributed by atoms with van der Waals surface area (Å²) in [6.07, 6.45) is 4.49. The average molecular weight is 300 g/mol. The molecule has 1 atom stereocenters. The van der Waals surface area contributed by atoms with Gasteiger partial charge in [-0.2, -0.15) is 0 Å². The minimum absolute atomic E-state index is 0.0320. The zero-order valence-electron chi connectivity index (χ0n) is 13.5. The third kappa shape index (κ3) is 4.46. The highest BCUT2D eigenvalue weighted by Gasteiger charge is 2.10. The van der Waals surface area contributed by atoms with Gasteiger partial charge in [0.1, 0.15) is 6.61 Å². The van der Waals surface area contributed by atoms with E-state index in [1.165, 1.54) is 0 Å². The van der Waals surface area contributed by atoms with Crippen LogP contribution in [0.25, 0.3) is 11.1 Å². The molecule has 1 aromatic carbocycles. The Morgan fingerprint density at radius 3 is 2.41 bits per heavy atom. The van der Waals surface area contributed by atoms with Gasteiger partial charge in [-0.25, -0.2) is 0 Å². The Labute approximate surface area is 132 Å². The summed E-state index contributed by atoms with van der Waals surface area (Å²) in [6.45, 7) is 4.80. The number of ether oxygens (including phenoxy) is 2. The molecule has 0 spiro atoms. The number of hydrogen-bond donors (Lipinski definition) is 1. The van der Waals surface area contributed by atoms with Gasteiger partial charge in [-0.15, -0.1) is 0 Å². The molecule has 0 aliphatic rings. The molecular weight excluding hydrogens is 276 g/mol. The molecule has 4 nitrogen and oxygen atoms in total. The van der Waals surface area contributed by atoms with Crippen LogP contribution in [-0.4, -0.2) is 24.7 Å². The van der Waals surface area contributed by atoms with E-state index in [-0.39, 0.29) is 6.04 Å². The molecule has 0 aliphatic carbocycles. The van der Waals surface area contributed by atoms with Crippen molar-refractivity contribution in [3.63, 3.8) is 0 Å². The van der Waals surface area contributed by atoms with Gasteiger partial charge in [0.2, 0.25) is 0 Å².